The summed E-state index contributed by atoms with van der Waals surface area (Å²) in [7, 11) is -4.47. The minimum Gasteiger partial charge on any atom is -0.508 e. The number of aromatic hydroxyl groups is 1. The Morgan fingerprint density at radius 3 is 1.81 bits per heavy atom. The Kier molecular flexibility index (Phi) is 4.88. The number of benzene rings is 2. The molecule has 2 rings (SSSR count). The molecule has 0 bridgehead atoms. The average Bonchev–Trinajstić information content (AvgIpc) is 2.47. The fraction of sp³-hybridized carbons (Fsp3) is 0.200. The lowest BCUT2D eigenvalue weighted by atomic mass is 10.1. The highest BCUT2D eigenvalue weighted by molar-refractivity contribution is 7.92. The molecule has 11 heteroatoms. The fourth-order valence-corrected chi connectivity index (χ4v) is 3.15. The number of anilines is 1. The number of aryl methyl sites for hydroxylation is 1. The van der Waals surface area contributed by atoms with Gasteiger partial charge in [0, 0.05) is 0 Å². The third-order valence-electron chi connectivity index (χ3n) is 3.32. The molecule has 0 heterocycles. The van der Waals surface area contributed by atoms with Crippen LogP contribution in [0.15, 0.2) is 41.3 Å². The Bertz CT molecular complexity index is 903. The molecule has 0 fully saturated rings. The van der Waals surface area contributed by atoms with Crippen molar-refractivity contribution < 1.29 is 39.9 Å². The van der Waals surface area contributed by atoms with Crippen molar-refractivity contribution in [2.45, 2.75) is 24.2 Å². The second-order valence-corrected chi connectivity index (χ2v) is 7.03. The summed E-state index contributed by atoms with van der Waals surface area (Å²) in [6.45, 7) is 1.38. The van der Waals surface area contributed by atoms with Crippen LogP contribution < -0.4 is 4.72 Å². The van der Waals surface area contributed by atoms with Crippen LogP contribution >= 0.6 is 0 Å². The van der Waals surface area contributed by atoms with Gasteiger partial charge < -0.3 is 5.11 Å². The van der Waals surface area contributed by atoms with Crippen molar-refractivity contribution in [2.24, 2.45) is 0 Å². The lowest BCUT2D eigenvalue weighted by Crippen LogP contribution is -2.16. The van der Waals surface area contributed by atoms with E-state index >= 15 is 0 Å². The Hall–Kier alpha value is -2.43. The molecule has 2 N–H and O–H groups in total. The van der Waals surface area contributed by atoms with Crippen LogP contribution in [0.5, 0.6) is 5.75 Å². The normalized spacial score (nSPS) is 12.9. The molecule has 2 aromatic carbocycles. The van der Waals surface area contributed by atoms with Gasteiger partial charge >= 0.3 is 12.4 Å². The predicted octanol–water partition coefficient (Wildman–Crippen LogP) is 4.54. The molecule has 4 nitrogen and oxygen atoms in total. The molecule has 26 heavy (non-hydrogen) atoms. The van der Waals surface area contributed by atoms with Gasteiger partial charge in [0.25, 0.3) is 10.0 Å². The number of halogens is 6. The number of alkyl halides is 6. The van der Waals surface area contributed by atoms with Crippen molar-refractivity contribution in [3.05, 3.63) is 53.1 Å². The lowest BCUT2D eigenvalue weighted by Gasteiger charge is -2.15. The van der Waals surface area contributed by atoms with Crippen LogP contribution in [-0.2, 0) is 22.4 Å². The minimum atomic E-state index is -5.10. The van der Waals surface area contributed by atoms with Crippen LogP contribution in [0, 0.1) is 6.92 Å². The van der Waals surface area contributed by atoms with Crippen molar-refractivity contribution in [3.8, 4) is 5.75 Å². The van der Waals surface area contributed by atoms with Gasteiger partial charge in [0.05, 0.1) is 21.7 Å². The summed E-state index contributed by atoms with van der Waals surface area (Å²) in [6.07, 6.45) is -10.2. The SMILES string of the molecule is Cc1cc(S(=O)(=O)Nc2cc(C(F)(F)F)cc(C(F)(F)F)c2)ccc1O. The summed E-state index contributed by atoms with van der Waals surface area (Å²) in [5.41, 5.74) is -4.02. The summed E-state index contributed by atoms with van der Waals surface area (Å²) in [5.74, 6) is -0.220. The first-order chi connectivity index (χ1) is 11.7. The molecule has 0 saturated heterocycles. The molecule has 0 aliphatic heterocycles. The molecule has 142 valence electrons. The van der Waals surface area contributed by atoms with Gasteiger partial charge in [-0.05, 0) is 48.9 Å². The molecule has 0 radical (unpaired) electrons. The van der Waals surface area contributed by atoms with E-state index in [0.717, 1.165) is 18.2 Å². The van der Waals surface area contributed by atoms with Gasteiger partial charge in [-0.2, -0.15) is 26.3 Å². The Morgan fingerprint density at radius 1 is 0.885 bits per heavy atom. The number of sulfonamides is 1. The second kappa shape index (κ2) is 6.38. The van der Waals surface area contributed by atoms with Crippen molar-refractivity contribution in [3.63, 3.8) is 0 Å². The summed E-state index contributed by atoms with van der Waals surface area (Å²) in [5, 5.41) is 9.39. The van der Waals surface area contributed by atoms with Crippen molar-refractivity contribution >= 4 is 15.7 Å². The highest BCUT2D eigenvalue weighted by Gasteiger charge is 2.37. The number of hydrogen-bond donors (Lipinski definition) is 2. The minimum absolute atomic E-state index is 0.109. The van der Waals surface area contributed by atoms with Gasteiger partial charge in [0.2, 0.25) is 0 Å². The molecule has 0 aromatic heterocycles. The lowest BCUT2D eigenvalue weighted by molar-refractivity contribution is -0.143. The molecule has 0 saturated carbocycles. The van der Waals surface area contributed by atoms with Gasteiger partial charge in [-0.15, -0.1) is 0 Å². The molecule has 0 aliphatic rings. The number of phenolic OH excluding ortho intramolecular Hbond substituents is 1. The first-order valence-electron chi connectivity index (χ1n) is 6.82. The number of nitrogens with one attached hydrogen (secondary N) is 1. The van der Waals surface area contributed by atoms with Gasteiger partial charge in [0.15, 0.2) is 0 Å². The molecule has 0 atom stereocenters. The Balaban J connectivity index is 2.52. The summed E-state index contributed by atoms with van der Waals surface area (Å²) < 4.78 is 103. The van der Waals surface area contributed by atoms with Crippen molar-refractivity contribution in [1.29, 1.82) is 0 Å². The van der Waals surface area contributed by atoms with E-state index in [1.165, 1.54) is 6.92 Å². The zero-order valence-corrected chi connectivity index (χ0v) is 13.7. The van der Waals surface area contributed by atoms with E-state index < -0.39 is 44.1 Å². The van der Waals surface area contributed by atoms with E-state index in [0.29, 0.717) is 0 Å². The molecule has 2 aromatic rings. The van der Waals surface area contributed by atoms with E-state index in [9.17, 15) is 39.9 Å². The Morgan fingerprint density at radius 2 is 1.38 bits per heavy atom. The standard InChI is InChI=1S/C15H11F6NO3S/c1-8-4-12(2-3-13(8)23)26(24,25)22-11-6-9(14(16,17)18)5-10(7-11)15(19,20)21/h2-7,22-23H,1H3. The van der Waals surface area contributed by atoms with Crippen molar-refractivity contribution in [2.75, 3.05) is 4.72 Å². The first-order valence-corrected chi connectivity index (χ1v) is 8.30. The van der Waals surface area contributed by atoms with Crippen LogP contribution in [0.4, 0.5) is 32.0 Å². The van der Waals surface area contributed by atoms with Crippen LogP contribution in [-0.4, -0.2) is 13.5 Å². The fourth-order valence-electron chi connectivity index (χ4n) is 2.02. The summed E-state index contributed by atoms with van der Waals surface area (Å²) in [6, 6.07) is 3.44. The van der Waals surface area contributed by atoms with Crippen LogP contribution in [0.3, 0.4) is 0 Å². The topological polar surface area (TPSA) is 66.4 Å². The van der Waals surface area contributed by atoms with Gasteiger partial charge in [-0.3, -0.25) is 4.72 Å². The molecular formula is C15H11F6NO3S. The third kappa shape index (κ3) is 4.40. The van der Waals surface area contributed by atoms with Gasteiger partial charge in [-0.25, -0.2) is 8.42 Å². The van der Waals surface area contributed by atoms with Crippen LogP contribution in [0.2, 0.25) is 0 Å². The molecule has 0 aliphatic carbocycles. The first kappa shape index (κ1) is 19.9. The van der Waals surface area contributed by atoms with Crippen molar-refractivity contribution in [1.82, 2.24) is 0 Å². The number of hydrogen-bond acceptors (Lipinski definition) is 3. The van der Waals surface area contributed by atoms with Crippen LogP contribution in [0.1, 0.15) is 16.7 Å². The Labute approximate surface area is 144 Å². The molecule has 0 amide bonds. The van der Waals surface area contributed by atoms with E-state index in [2.05, 4.69) is 0 Å². The number of rotatable bonds is 3. The maximum atomic E-state index is 12.8. The predicted molar refractivity (Wildman–Crippen MR) is 80.1 cm³/mol. The monoisotopic (exact) mass is 399 g/mol. The van der Waals surface area contributed by atoms with E-state index in [1.54, 1.807) is 4.72 Å². The maximum absolute atomic E-state index is 12.8. The summed E-state index contributed by atoms with van der Waals surface area (Å²) in [4.78, 5) is -0.432. The maximum Gasteiger partial charge on any atom is 0.416 e. The average molecular weight is 399 g/mol. The number of phenols is 1. The smallest absolute Gasteiger partial charge is 0.416 e. The van der Waals surface area contributed by atoms with E-state index in [-0.39, 0.29) is 29.5 Å². The zero-order chi connectivity index (χ0) is 19.9. The molecule has 0 spiro atoms. The van der Waals surface area contributed by atoms with E-state index in [4.69, 9.17) is 0 Å². The highest BCUT2D eigenvalue weighted by atomic mass is 32.2. The highest BCUT2D eigenvalue weighted by Crippen LogP contribution is 2.38. The van der Waals surface area contributed by atoms with E-state index in [1.807, 2.05) is 0 Å². The molecule has 0 unspecified atom stereocenters. The van der Waals surface area contributed by atoms with Gasteiger partial charge in [-0.1, -0.05) is 0 Å². The second-order valence-electron chi connectivity index (χ2n) is 5.35. The third-order valence-corrected chi connectivity index (χ3v) is 4.70. The molecular weight excluding hydrogens is 388 g/mol. The largest absolute Gasteiger partial charge is 0.508 e. The zero-order valence-electron chi connectivity index (χ0n) is 12.9. The van der Waals surface area contributed by atoms with Gasteiger partial charge in [0.1, 0.15) is 5.75 Å². The van der Waals surface area contributed by atoms with Crippen LogP contribution in [0.25, 0.3) is 0 Å². The summed E-state index contributed by atoms with van der Waals surface area (Å²) >= 11 is 0. The quantitative estimate of drug-likeness (QED) is 0.745.